The van der Waals surface area contributed by atoms with Crippen molar-refractivity contribution in [2.75, 3.05) is 0 Å². The molecule has 3 aromatic rings. The minimum absolute atomic E-state index is 0.0300. The fourth-order valence-corrected chi connectivity index (χ4v) is 3.71. The molecule has 0 spiro atoms. The van der Waals surface area contributed by atoms with Crippen LogP contribution in [0.15, 0.2) is 47.7 Å². The quantitative estimate of drug-likeness (QED) is 0.705. The van der Waals surface area contributed by atoms with Crippen LogP contribution in [0.2, 0.25) is 0 Å². The van der Waals surface area contributed by atoms with Gasteiger partial charge in [0.1, 0.15) is 5.52 Å². The Morgan fingerprint density at radius 3 is 3.15 bits per heavy atom. The zero-order valence-corrected chi connectivity index (χ0v) is 14.4. The lowest BCUT2D eigenvalue weighted by atomic mass is 10.1. The summed E-state index contributed by atoms with van der Waals surface area (Å²) in [5.74, 6) is 0.316. The summed E-state index contributed by atoms with van der Waals surface area (Å²) >= 11 is 0. The summed E-state index contributed by atoms with van der Waals surface area (Å²) in [4.78, 5) is 20.5. The zero-order chi connectivity index (χ0) is 17.9. The van der Waals surface area contributed by atoms with Crippen LogP contribution in [0.25, 0.3) is 11.1 Å². The zero-order valence-electron chi connectivity index (χ0n) is 14.4. The molecule has 1 aliphatic rings. The number of benzene rings is 1. The Bertz CT molecular complexity index is 874. The van der Waals surface area contributed by atoms with E-state index in [-0.39, 0.29) is 11.9 Å². The molecule has 26 heavy (non-hydrogen) atoms. The Labute approximate surface area is 151 Å². The van der Waals surface area contributed by atoms with Gasteiger partial charge < -0.3 is 19.4 Å². The highest BCUT2D eigenvalue weighted by Gasteiger charge is 2.33. The number of aromatic nitrogens is 3. The minimum Gasteiger partial charge on any atom is -0.443 e. The largest absolute Gasteiger partial charge is 0.443 e. The number of oxazole rings is 1. The first kappa shape index (κ1) is 16.8. The number of aliphatic hydroxyl groups is 1. The van der Waals surface area contributed by atoms with E-state index in [1.54, 1.807) is 12.5 Å². The summed E-state index contributed by atoms with van der Waals surface area (Å²) in [5, 5.41) is 13.3. The van der Waals surface area contributed by atoms with Crippen molar-refractivity contribution in [2.24, 2.45) is 5.92 Å². The first-order valence-corrected chi connectivity index (χ1v) is 8.92. The summed E-state index contributed by atoms with van der Waals surface area (Å²) in [6.07, 6.45) is 8.90. The molecule has 7 heteroatoms. The molecule has 3 atom stereocenters. The molecule has 1 saturated carbocycles. The molecule has 1 unspecified atom stereocenters. The predicted octanol–water partition coefficient (Wildman–Crippen LogP) is 1.91. The highest BCUT2D eigenvalue weighted by molar-refractivity contribution is 5.77. The molecule has 1 amide bonds. The standard InChI is InChI=1S/C19H22N4O3/c24-17-9-14(10-23-6-5-20-11-23)8-15(17)22-19(25)4-2-13-1-3-18-16(7-13)21-12-26-18/h1,3,5-7,11-12,14-15,17,24H,2,4,8-10H2,(H,22,25)/t14?,15-,17-/m1/s1. The van der Waals surface area contributed by atoms with Crippen LogP contribution in [0.3, 0.4) is 0 Å². The average molecular weight is 354 g/mol. The van der Waals surface area contributed by atoms with Gasteiger partial charge in [-0.15, -0.1) is 0 Å². The highest BCUT2D eigenvalue weighted by Crippen LogP contribution is 2.27. The summed E-state index contributed by atoms with van der Waals surface area (Å²) in [6.45, 7) is 0.821. The summed E-state index contributed by atoms with van der Waals surface area (Å²) in [7, 11) is 0. The van der Waals surface area contributed by atoms with E-state index in [4.69, 9.17) is 4.42 Å². The Morgan fingerprint density at radius 1 is 1.38 bits per heavy atom. The molecule has 0 radical (unpaired) electrons. The van der Waals surface area contributed by atoms with Crippen LogP contribution in [0.4, 0.5) is 0 Å². The fourth-order valence-electron chi connectivity index (χ4n) is 3.71. The van der Waals surface area contributed by atoms with Crippen LogP contribution < -0.4 is 5.32 Å². The Balaban J connectivity index is 1.27. The molecule has 0 bridgehead atoms. The van der Waals surface area contributed by atoms with Crippen molar-refractivity contribution >= 4 is 17.0 Å². The molecular formula is C19H22N4O3. The maximum absolute atomic E-state index is 12.3. The molecule has 2 heterocycles. The number of nitrogens with zero attached hydrogens (tertiary/aromatic N) is 3. The molecule has 136 valence electrons. The second-order valence-corrected chi connectivity index (χ2v) is 6.99. The van der Waals surface area contributed by atoms with Crippen LogP contribution >= 0.6 is 0 Å². The van der Waals surface area contributed by atoms with Gasteiger partial charge in [-0.1, -0.05) is 6.07 Å². The smallest absolute Gasteiger partial charge is 0.220 e. The van der Waals surface area contributed by atoms with Crippen molar-refractivity contribution < 1.29 is 14.3 Å². The molecule has 7 nitrogen and oxygen atoms in total. The Kier molecular flexibility index (Phi) is 4.71. The Hall–Kier alpha value is -2.67. The van der Waals surface area contributed by atoms with Crippen molar-refractivity contribution in [3.05, 3.63) is 48.9 Å². The van der Waals surface area contributed by atoms with E-state index in [2.05, 4.69) is 15.3 Å². The van der Waals surface area contributed by atoms with E-state index in [9.17, 15) is 9.90 Å². The first-order chi connectivity index (χ1) is 12.7. The third kappa shape index (κ3) is 3.77. The van der Waals surface area contributed by atoms with E-state index in [0.717, 1.165) is 29.6 Å². The van der Waals surface area contributed by atoms with Crippen LogP contribution in [0, 0.1) is 5.92 Å². The van der Waals surface area contributed by atoms with Crippen molar-refractivity contribution in [2.45, 2.75) is 44.4 Å². The molecule has 1 aliphatic carbocycles. The van der Waals surface area contributed by atoms with Gasteiger partial charge in [-0.3, -0.25) is 4.79 Å². The maximum atomic E-state index is 12.3. The third-order valence-electron chi connectivity index (χ3n) is 5.04. The average Bonchev–Trinajstić information content (AvgIpc) is 3.35. The van der Waals surface area contributed by atoms with Crippen LogP contribution in [-0.2, 0) is 17.8 Å². The lowest BCUT2D eigenvalue weighted by Crippen LogP contribution is -2.40. The number of rotatable bonds is 6. The summed E-state index contributed by atoms with van der Waals surface area (Å²) < 4.78 is 7.24. The van der Waals surface area contributed by atoms with Crippen LogP contribution in [0.1, 0.15) is 24.8 Å². The Morgan fingerprint density at radius 2 is 2.31 bits per heavy atom. The van der Waals surface area contributed by atoms with E-state index in [0.29, 0.717) is 25.2 Å². The fraction of sp³-hybridized carbons (Fsp3) is 0.421. The van der Waals surface area contributed by atoms with Gasteiger partial charge in [0.15, 0.2) is 12.0 Å². The van der Waals surface area contributed by atoms with Crippen LogP contribution in [0.5, 0.6) is 0 Å². The second kappa shape index (κ2) is 7.29. The maximum Gasteiger partial charge on any atom is 0.220 e. The number of amides is 1. The van der Waals surface area contributed by atoms with E-state index in [1.807, 2.05) is 29.0 Å². The predicted molar refractivity (Wildman–Crippen MR) is 95.2 cm³/mol. The number of carbonyl (C=O) groups excluding carboxylic acids is 1. The number of aliphatic hydroxyl groups excluding tert-OH is 1. The number of fused-ring (bicyclic) bond motifs is 1. The number of carbonyl (C=O) groups is 1. The number of hydrogen-bond acceptors (Lipinski definition) is 5. The van der Waals surface area contributed by atoms with Crippen LogP contribution in [-0.4, -0.2) is 37.7 Å². The molecule has 2 aromatic heterocycles. The summed E-state index contributed by atoms with van der Waals surface area (Å²) in [5.41, 5.74) is 2.60. The van der Waals surface area contributed by atoms with E-state index >= 15 is 0 Å². The molecule has 0 saturated heterocycles. The summed E-state index contributed by atoms with van der Waals surface area (Å²) in [6, 6.07) is 5.59. The van der Waals surface area contributed by atoms with Gasteiger partial charge in [0.05, 0.1) is 18.5 Å². The second-order valence-electron chi connectivity index (χ2n) is 6.99. The minimum atomic E-state index is -0.487. The SMILES string of the molecule is O=C(CCc1ccc2ocnc2c1)N[C@@H]1CC(Cn2ccnc2)C[C@H]1O. The normalized spacial score (nSPS) is 22.7. The lowest BCUT2D eigenvalue weighted by molar-refractivity contribution is -0.122. The van der Waals surface area contributed by atoms with Gasteiger partial charge >= 0.3 is 0 Å². The van der Waals surface area contributed by atoms with Crippen molar-refractivity contribution in [1.29, 1.82) is 0 Å². The molecule has 1 fully saturated rings. The molecular weight excluding hydrogens is 332 g/mol. The lowest BCUT2D eigenvalue weighted by Gasteiger charge is -2.16. The van der Waals surface area contributed by atoms with Crippen molar-refractivity contribution in [3.8, 4) is 0 Å². The number of aryl methyl sites for hydroxylation is 1. The van der Waals surface area contributed by atoms with Gasteiger partial charge in [0.2, 0.25) is 5.91 Å². The van der Waals surface area contributed by atoms with E-state index < -0.39 is 6.10 Å². The van der Waals surface area contributed by atoms with Gasteiger partial charge in [-0.05, 0) is 42.9 Å². The number of hydrogen-bond donors (Lipinski definition) is 2. The third-order valence-corrected chi connectivity index (χ3v) is 5.04. The molecule has 1 aromatic carbocycles. The molecule has 4 rings (SSSR count). The van der Waals surface area contributed by atoms with Crippen molar-refractivity contribution in [3.63, 3.8) is 0 Å². The molecule has 0 aliphatic heterocycles. The molecule has 2 N–H and O–H groups in total. The van der Waals surface area contributed by atoms with Gasteiger partial charge in [-0.2, -0.15) is 0 Å². The topological polar surface area (TPSA) is 93.2 Å². The highest BCUT2D eigenvalue weighted by atomic mass is 16.3. The monoisotopic (exact) mass is 354 g/mol. The first-order valence-electron chi connectivity index (χ1n) is 8.92. The van der Waals surface area contributed by atoms with Gasteiger partial charge in [0.25, 0.3) is 0 Å². The van der Waals surface area contributed by atoms with E-state index in [1.165, 1.54) is 6.39 Å². The number of imidazole rings is 1. The van der Waals surface area contributed by atoms with Gasteiger partial charge in [-0.25, -0.2) is 9.97 Å². The van der Waals surface area contributed by atoms with Crippen molar-refractivity contribution in [1.82, 2.24) is 19.9 Å². The van der Waals surface area contributed by atoms with Gasteiger partial charge in [0, 0.05) is 25.4 Å². The number of nitrogens with one attached hydrogen (secondary N) is 1.